The SMILES string of the molecule is C[C@@H](OC[C@H](O)CNC(C)(C)Cc1ccc2ccccc2c1)c1ccccc1-c1ccc(C(=O)O)s1. The number of benzene rings is 3. The molecule has 0 fully saturated rings. The van der Waals surface area contributed by atoms with E-state index in [0.717, 1.165) is 22.4 Å². The summed E-state index contributed by atoms with van der Waals surface area (Å²) in [5.41, 5.74) is 2.98. The number of ether oxygens (including phenoxy) is 1. The molecule has 0 aliphatic carbocycles. The maximum absolute atomic E-state index is 11.3. The van der Waals surface area contributed by atoms with Gasteiger partial charge in [-0.3, -0.25) is 0 Å². The molecule has 0 bridgehead atoms. The Balaban J connectivity index is 1.31. The highest BCUT2D eigenvalue weighted by Gasteiger charge is 2.21. The van der Waals surface area contributed by atoms with Crippen molar-refractivity contribution in [2.75, 3.05) is 13.2 Å². The van der Waals surface area contributed by atoms with E-state index in [1.165, 1.54) is 27.7 Å². The predicted molar refractivity (Wildman–Crippen MR) is 147 cm³/mol. The molecule has 3 aromatic carbocycles. The Hall–Kier alpha value is -3.03. The molecular formula is C30H33NO4S. The van der Waals surface area contributed by atoms with Crippen molar-refractivity contribution in [2.24, 2.45) is 0 Å². The lowest BCUT2D eigenvalue weighted by Crippen LogP contribution is -2.46. The smallest absolute Gasteiger partial charge is 0.345 e. The molecule has 0 aliphatic rings. The van der Waals surface area contributed by atoms with Crippen LogP contribution in [0.3, 0.4) is 0 Å². The third kappa shape index (κ3) is 6.59. The number of hydrogen-bond donors (Lipinski definition) is 3. The van der Waals surface area contributed by atoms with Crippen LogP contribution in [-0.2, 0) is 11.2 Å². The van der Waals surface area contributed by atoms with Gasteiger partial charge >= 0.3 is 5.97 Å². The molecule has 0 amide bonds. The van der Waals surface area contributed by atoms with Gasteiger partial charge in [0, 0.05) is 17.0 Å². The van der Waals surface area contributed by atoms with Crippen LogP contribution in [0.5, 0.6) is 0 Å². The van der Waals surface area contributed by atoms with Crippen molar-refractivity contribution < 1.29 is 19.7 Å². The van der Waals surface area contributed by atoms with E-state index in [2.05, 4.69) is 55.6 Å². The van der Waals surface area contributed by atoms with Crippen molar-refractivity contribution in [3.63, 3.8) is 0 Å². The molecule has 0 radical (unpaired) electrons. The Morgan fingerprint density at radius 2 is 1.72 bits per heavy atom. The van der Waals surface area contributed by atoms with Crippen molar-refractivity contribution in [3.8, 4) is 10.4 Å². The molecule has 0 saturated carbocycles. The van der Waals surface area contributed by atoms with Crippen molar-refractivity contribution in [1.29, 1.82) is 0 Å². The number of carboxylic acids is 1. The molecule has 188 valence electrons. The summed E-state index contributed by atoms with van der Waals surface area (Å²) in [7, 11) is 0. The van der Waals surface area contributed by atoms with Crippen LogP contribution in [0.15, 0.2) is 78.9 Å². The monoisotopic (exact) mass is 503 g/mol. The summed E-state index contributed by atoms with van der Waals surface area (Å²) in [4.78, 5) is 12.5. The first-order valence-electron chi connectivity index (χ1n) is 12.2. The summed E-state index contributed by atoms with van der Waals surface area (Å²) in [6.07, 6.45) is -0.0680. The van der Waals surface area contributed by atoms with Crippen LogP contribution < -0.4 is 5.32 Å². The van der Waals surface area contributed by atoms with E-state index < -0.39 is 12.1 Å². The fraction of sp³-hybridized carbons (Fsp3) is 0.300. The zero-order valence-corrected chi connectivity index (χ0v) is 21.7. The van der Waals surface area contributed by atoms with E-state index in [1.54, 1.807) is 6.07 Å². The number of rotatable bonds is 11. The number of aliphatic hydroxyl groups is 1. The number of carbonyl (C=O) groups is 1. The highest BCUT2D eigenvalue weighted by atomic mass is 32.1. The molecule has 2 atom stereocenters. The third-order valence-corrected chi connectivity index (χ3v) is 7.40. The second-order valence-corrected chi connectivity index (χ2v) is 10.9. The number of thiophene rings is 1. The van der Waals surface area contributed by atoms with Crippen LogP contribution in [0, 0.1) is 0 Å². The van der Waals surface area contributed by atoms with E-state index in [0.29, 0.717) is 11.4 Å². The molecular weight excluding hydrogens is 470 g/mol. The number of nitrogens with one attached hydrogen (secondary N) is 1. The van der Waals surface area contributed by atoms with Crippen molar-refractivity contribution in [1.82, 2.24) is 5.32 Å². The van der Waals surface area contributed by atoms with E-state index in [1.807, 2.05) is 43.3 Å². The molecule has 3 N–H and O–H groups in total. The van der Waals surface area contributed by atoms with Gasteiger partial charge in [0.05, 0.1) is 18.8 Å². The van der Waals surface area contributed by atoms with E-state index in [4.69, 9.17) is 4.74 Å². The van der Waals surface area contributed by atoms with E-state index in [-0.39, 0.29) is 18.2 Å². The molecule has 0 aliphatic heterocycles. The van der Waals surface area contributed by atoms with Gasteiger partial charge < -0.3 is 20.3 Å². The standard InChI is InChI=1S/C30H33NO4S/c1-20(25-10-6-7-11-26(25)27-14-15-28(36-27)29(33)34)35-19-24(32)18-31-30(2,3)17-21-12-13-22-8-4-5-9-23(22)16-21/h4-16,20,24,31-32H,17-19H2,1-3H3,(H,33,34)/t20-,24-/m1/s1. The van der Waals surface area contributed by atoms with E-state index in [9.17, 15) is 15.0 Å². The molecule has 4 aromatic rings. The lowest BCUT2D eigenvalue weighted by molar-refractivity contribution is -0.00396. The van der Waals surface area contributed by atoms with Crippen LogP contribution >= 0.6 is 11.3 Å². The van der Waals surface area contributed by atoms with Gasteiger partial charge in [0.1, 0.15) is 4.88 Å². The Kier molecular flexibility index (Phi) is 8.21. The highest BCUT2D eigenvalue weighted by Crippen LogP contribution is 2.34. The highest BCUT2D eigenvalue weighted by molar-refractivity contribution is 7.17. The van der Waals surface area contributed by atoms with Crippen molar-refractivity contribution in [3.05, 3.63) is 94.9 Å². The molecule has 36 heavy (non-hydrogen) atoms. The Morgan fingerprint density at radius 3 is 2.47 bits per heavy atom. The summed E-state index contributed by atoms with van der Waals surface area (Å²) >= 11 is 1.25. The molecule has 0 unspecified atom stereocenters. The Morgan fingerprint density at radius 1 is 1.00 bits per heavy atom. The molecule has 5 nitrogen and oxygen atoms in total. The minimum Gasteiger partial charge on any atom is -0.477 e. The van der Waals surface area contributed by atoms with Crippen LogP contribution in [0.4, 0.5) is 0 Å². The normalized spacial score (nSPS) is 13.6. The first kappa shape index (κ1) is 26.0. The quantitative estimate of drug-likeness (QED) is 0.223. The number of carboxylic acid groups (broad SMARTS) is 1. The first-order valence-corrected chi connectivity index (χ1v) is 13.0. The third-order valence-electron chi connectivity index (χ3n) is 6.30. The molecule has 0 saturated heterocycles. The summed E-state index contributed by atoms with van der Waals surface area (Å²) in [5.74, 6) is -0.924. The van der Waals surface area contributed by atoms with Crippen LogP contribution in [0.1, 0.15) is 47.7 Å². The van der Waals surface area contributed by atoms with E-state index >= 15 is 0 Å². The van der Waals surface area contributed by atoms with Gasteiger partial charge in [0.15, 0.2) is 0 Å². The maximum atomic E-state index is 11.3. The molecule has 1 heterocycles. The first-order chi connectivity index (χ1) is 17.2. The predicted octanol–water partition coefficient (Wildman–Crippen LogP) is 6.32. The second-order valence-electron chi connectivity index (χ2n) is 9.81. The molecule has 0 spiro atoms. The van der Waals surface area contributed by atoms with Gasteiger partial charge in [-0.1, -0.05) is 66.7 Å². The van der Waals surface area contributed by atoms with Gasteiger partial charge in [0.2, 0.25) is 0 Å². The van der Waals surface area contributed by atoms with Gasteiger partial charge in [-0.25, -0.2) is 4.79 Å². The number of fused-ring (bicyclic) bond motifs is 1. The fourth-order valence-electron chi connectivity index (χ4n) is 4.39. The largest absolute Gasteiger partial charge is 0.477 e. The number of aliphatic hydroxyl groups excluding tert-OH is 1. The summed E-state index contributed by atoms with van der Waals surface area (Å²) in [5, 5.41) is 25.8. The topological polar surface area (TPSA) is 78.8 Å². The number of aromatic carboxylic acids is 1. The van der Waals surface area contributed by atoms with Gasteiger partial charge in [-0.2, -0.15) is 0 Å². The zero-order chi connectivity index (χ0) is 25.7. The zero-order valence-electron chi connectivity index (χ0n) is 20.9. The Bertz CT molecular complexity index is 1330. The molecule has 4 rings (SSSR count). The van der Waals surface area contributed by atoms with Crippen molar-refractivity contribution >= 4 is 28.1 Å². The van der Waals surface area contributed by atoms with Gasteiger partial charge in [0.25, 0.3) is 0 Å². The number of β-amino-alcohol motifs (C(OH)–C–C–N with tert-alkyl or cyclic N) is 1. The van der Waals surface area contributed by atoms with Gasteiger partial charge in [-0.05, 0) is 66.8 Å². The summed E-state index contributed by atoms with van der Waals surface area (Å²) in [6.45, 7) is 6.84. The fourth-order valence-corrected chi connectivity index (χ4v) is 5.29. The minimum atomic E-state index is -0.924. The lowest BCUT2D eigenvalue weighted by Gasteiger charge is -2.28. The van der Waals surface area contributed by atoms with Crippen LogP contribution in [0.2, 0.25) is 0 Å². The number of hydrogen-bond acceptors (Lipinski definition) is 5. The Labute approximate surface area is 216 Å². The summed E-state index contributed by atoms with van der Waals surface area (Å²) < 4.78 is 6.04. The van der Waals surface area contributed by atoms with Crippen LogP contribution in [-0.4, -0.2) is 41.0 Å². The molecule has 1 aromatic heterocycles. The van der Waals surface area contributed by atoms with Crippen LogP contribution in [0.25, 0.3) is 21.2 Å². The average molecular weight is 504 g/mol. The maximum Gasteiger partial charge on any atom is 0.345 e. The molecule has 6 heteroatoms. The van der Waals surface area contributed by atoms with Crippen molar-refractivity contribution in [2.45, 2.75) is 44.9 Å². The lowest BCUT2D eigenvalue weighted by atomic mass is 9.93. The minimum absolute atomic E-state index is 0.192. The summed E-state index contributed by atoms with van der Waals surface area (Å²) in [6, 6.07) is 26.2. The van der Waals surface area contributed by atoms with Gasteiger partial charge in [-0.15, -0.1) is 11.3 Å². The average Bonchev–Trinajstić information content (AvgIpc) is 3.36. The second kappa shape index (κ2) is 11.4.